The van der Waals surface area contributed by atoms with Gasteiger partial charge in [-0.05, 0) is 49.9 Å². The Morgan fingerprint density at radius 3 is 2.80 bits per heavy atom. The minimum atomic E-state index is 0.128. The average Bonchev–Trinajstić information content (AvgIpc) is 3.01. The molecular weight excluding hydrogens is 374 g/mol. The second-order valence-corrected chi connectivity index (χ2v) is 8.93. The first-order valence-electron chi connectivity index (χ1n) is 11.0. The van der Waals surface area contributed by atoms with E-state index in [1.807, 2.05) is 31.7 Å². The molecular formula is C24H31N5O. The molecule has 1 saturated heterocycles. The van der Waals surface area contributed by atoms with Crippen LogP contribution in [0.2, 0.25) is 0 Å². The summed E-state index contributed by atoms with van der Waals surface area (Å²) in [5.41, 5.74) is 3.00. The molecule has 1 aromatic carbocycles. The highest BCUT2D eigenvalue weighted by molar-refractivity contribution is 5.85. The molecule has 1 unspecified atom stereocenters. The number of carbonyl (C=O) groups excluding carboxylic acids is 1. The Bertz CT molecular complexity index is 1030. The average molecular weight is 406 g/mol. The fourth-order valence-electron chi connectivity index (χ4n) is 4.37. The van der Waals surface area contributed by atoms with Crippen molar-refractivity contribution in [3.63, 3.8) is 0 Å². The number of rotatable bonds is 6. The number of aromatic nitrogens is 4. The van der Waals surface area contributed by atoms with E-state index in [0.29, 0.717) is 18.2 Å². The number of nitrogens with zero attached hydrogens (tertiary/aromatic N) is 5. The molecule has 6 nitrogen and oxygen atoms in total. The van der Waals surface area contributed by atoms with Gasteiger partial charge in [-0.25, -0.2) is 9.97 Å². The lowest BCUT2D eigenvalue weighted by Gasteiger charge is -2.21. The summed E-state index contributed by atoms with van der Waals surface area (Å²) in [4.78, 5) is 24.6. The monoisotopic (exact) mass is 405 g/mol. The van der Waals surface area contributed by atoms with Crippen LogP contribution >= 0.6 is 0 Å². The molecule has 0 amide bonds. The molecule has 3 aromatic rings. The number of ketones is 1. The first kappa shape index (κ1) is 20.7. The standard InChI is InChI=1S/C24H31N5O/c1-17(2)15-29-9-4-5-18(8-10-29)23(30)12-24-25-13-20-7-6-19(11-22(20)27-24)21-14-26-28(3)16-21/h6-7,11,13-14,16-18H,4-5,8-10,12,15H2,1-3H3. The Morgan fingerprint density at radius 1 is 1.17 bits per heavy atom. The van der Waals surface area contributed by atoms with Gasteiger partial charge in [-0.3, -0.25) is 9.48 Å². The summed E-state index contributed by atoms with van der Waals surface area (Å²) in [7, 11) is 1.91. The van der Waals surface area contributed by atoms with Crippen molar-refractivity contribution in [1.82, 2.24) is 24.6 Å². The van der Waals surface area contributed by atoms with Crippen molar-refractivity contribution in [3.8, 4) is 11.1 Å². The van der Waals surface area contributed by atoms with E-state index >= 15 is 0 Å². The third-order valence-electron chi connectivity index (χ3n) is 5.90. The number of aryl methyl sites for hydroxylation is 1. The van der Waals surface area contributed by atoms with Crippen LogP contribution in [0.3, 0.4) is 0 Å². The quantitative estimate of drug-likeness (QED) is 0.622. The Kier molecular flexibility index (Phi) is 6.23. The first-order valence-corrected chi connectivity index (χ1v) is 11.0. The minimum absolute atomic E-state index is 0.128. The molecule has 1 aliphatic rings. The summed E-state index contributed by atoms with van der Waals surface area (Å²) in [6.07, 6.45) is 9.01. The van der Waals surface area contributed by atoms with Crippen molar-refractivity contribution in [2.75, 3.05) is 19.6 Å². The van der Waals surface area contributed by atoms with Crippen LogP contribution in [-0.4, -0.2) is 50.1 Å². The van der Waals surface area contributed by atoms with Crippen molar-refractivity contribution in [3.05, 3.63) is 42.6 Å². The summed E-state index contributed by atoms with van der Waals surface area (Å²) in [5, 5.41) is 5.23. The highest BCUT2D eigenvalue weighted by Gasteiger charge is 2.24. The van der Waals surface area contributed by atoms with Gasteiger partial charge in [-0.2, -0.15) is 5.10 Å². The Morgan fingerprint density at radius 2 is 2.03 bits per heavy atom. The maximum absolute atomic E-state index is 13.0. The van der Waals surface area contributed by atoms with Crippen molar-refractivity contribution in [1.29, 1.82) is 0 Å². The summed E-state index contributed by atoms with van der Waals surface area (Å²) >= 11 is 0. The molecule has 0 spiro atoms. The summed E-state index contributed by atoms with van der Waals surface area (Å²) in [5.74, 6) is 1.70. The number of carbonyl (C=O) groups is 1. The molecule has 0 N–H and O–H groups in total. The normalized spacial score (nSPS) is 18.1. The van der Waals surface area contributed by atoms with Gasteiger partial charge < -0.3 is 4.90 Å². The number of fused-ring (bicyclic) bond motifs is 1. The van der Waals surface area contributed by atoms with Gasteiger partial charge in [-0.1, -0.05) is 26.0 Å². The van der Waals surface area contributed by atoms with Crippen LogP contribution in [0.5, 0.6) is 0 Å². The van der Waals surface area contributed by atoms with E-state index in [0.717, 1.165) is 60.9 Å². The topological polar surface area (TPSA) is 63.9 Å². The molecule has 0 saturated carbocycles. The maximum atomic E-state index is 13.0. The number of hydrogen-bond donors (Lipinski definition) is 0. The van der Waals surface area contributed by atoms with E-state index < -0.39 is 0 Å². The largest absolute Gasteiger partial charge is 0.303 e. The van der Waals surface area contributed by atoms with Gasteiger partial charge >= 0.3 is 0 Å². The zero-order valence-corrected chi connectivity index (χ0v) is 18.2. The van der Waals surface area contributed by atoms with E-state index in [1.165, 1.54) is 0 Å². The highest BCUT2D eigenvalue weighted by atomic mass is 16.1. The zero-order chi connectivity index (χ0) is 21.1. The lowest BCUT2D eigenvalue weighted by molar-refractivity contribution is -0.122. The van der Waals surface area contributed by atoms with Gasteiger partial charge in [0.2, 0.25) is 0 Å². The molecule has 1 atom stereocenters. The number of likely N-dealkylation sites (tertiary alicyclic amines) is 1. The lowest BCUT2D eigenvalue weighted by atomic mass is 9.93. The maximum Gasteiger partial charge on any atom is 0.143 e. The fraction of sp³-hybridized carbons (Fsp3) is 0.500. The van der Waals surface area contributed by atoms with Gasteiger partial charge in [0.1, 0.15) is 11.6 Å². The van der Waals surface area contributed by atoms with Gasteiger partial charge in [0.15, 0.2) is 0 Å². The molecule has 30 heavy (non-hydrogen) atoms. The van der Waals surface area contributed by atoms with Gasteiger partial charge in [0, 0.05) is 42.9 Å². The predicted octanol–water partition coefficient (Wildman–Crippen LogP) is 3.90. The first-order chi connectivity index (χ1) is 14.5. The van der Waals surface area contributed by atoms with Crippen LogP contribution < -0.4 is 0 Å². The van der Waals surface area contributed by atoms with Crippen LogP contribution in [0.25, 0.3) is 22.0 Å². The van der Waals surface area contributed by atoms with Crippen molar-refractivity contribution in [2.24, 2.45) is 18.9 Å². The fourth-order valence-corrected chi connectivity index (χ4v) is 4.37. The van der Waals surface area contributed by atoms with Crippen LogP contribution in [0.4, 0.5) is 0 Å². The zero-order valence-electron chi connectivity index (χ0n) is 18.2. The third-order valence-corrected chi connectivity index (χ3v) is 5.90. The summed E-state index contributed by atoms with van der Waals surface area (Å²) in [6.45, 7) is 7.75. The molecule has 0 bridgehead atoms. The second kappa shape index (κ2) is 9.04. The van der Waals surface area contributed by atoms with E-state index in [9.17, 15) is 4.79 Å². The number of benzene rings is 1. The lowest BCUT2D eigenvalue weighted by Crippen LogP contribution is -2.29. The van der Waals surface area contributed by atoms with E-state index in [4.69, 9.17) is 4.98 Å². The van der Waals surface area contributed by atoms with Gasteiger partial charge in [0.25, 0.3) is 0 Å². The van der Waals surface area contributed by atoms with Gasteiger partial charge in [-0.15, -0.1) is 0 Å². The second-order valence-electron chi connectivity index (χ2n) is 8.93. The van der Waals surface area contributed by atoms with Crippen LogP contribution in [0.15, 0.2) is 36.8 Å². The van der Waals surface area contributed by atoms with Crippen LogP contribution in [0.1, 0.15) is 38.9 Å². The summed E-state index contributed by atoms with van der Waals surface area (Å²) in [6, 6.07) is 6.14. The minimum Gasteiger partial charge on any atom is -0.303 e. The Balaban J connectivity index is 1.46. The smallest absolute Gasteiger partial charge is 0.143 e. The molecule has 6 heteroatoms. The van der Waals surface area contributed by atoms with Crippen LogP contribution in [-0.2, 0) is 18.3 Å². The highest BCUT2D eigenvalue weighted by Crippen LogP contribution is 2.24. The SMILES string of the molecule is CC(C)CN1CCCC(C(=O)Cc2ncc3ccc(-c4cnn(C)c4)cc3n2)CC1. The van der Waals surface area contributed by atoms with E-state index in [2.05, 4.69) is 41.0 Å². The summed E-state index contributed by atoms with van der Waals surface area (Å²) < 4.78 is 1.79. The molecule has 2 aromatic heterocycles. The molecule has 158 valence electrons. The van der Waals surface area contributed by atoms with Gasteiger partial charge in [0.05, 0.1) is 18.1 Å². The number of Topliss-reactive ketones (excluding diaryl/α,β-unsaturated/α-hetero) is 1. The predicted molar refractivity (Wildman–Crippen MR) is 119 cm³/mol. The van der Waals surface area contributed by atoms with Crippen molar-refractivity contribution in [2.45, 2.75) is 39.5 Å². The molecule has 1 aliphatic heterocycles. The third kappa shape index (κ3) is 4.93. The molecule has 4 rings (SSSR count). The Labute approximate surface area is 178 Å². The van der Waals surface area contributed by atoms with Crippen molar-refractivity contribution >= 4 is 16.7 Å². The van der Waals surface area contributed by atoms with E-state index in [-0.39, 0.29) is 11.7 Å². The molecule has 3 heterocycles. The van der Waals surface area contributed by atoms with Crippen LogP contribution in [0, 0.1) is 11.8 Å². The van der Waals surface area contributed by atoms with E-state index in [1.54, 1.807) is 4.68 Å². The Hall–Kier alpha value is -2.60. The number of hydrogen-bond acceptors (Lipinski definition) is 5. The van der Waals surface area contributed by atoms with Crippen molar-refractivity contribution < 1.29 is 4.79 Å². The molecule has 0 aliphatic carbocycles. The molecule has 1 fully saturated rings. The molecule has 0 radical (unpaired) electrons.